The third-order valence-corrected chi connectivity index (χ3v) is 5.45. The molecule has 0 aromatic rings. The molecule has 0 radical (unpaired) electrons. The van der Waals surface area contributed by atoms with Crippen molar-refractivity contribution in [1.82, 2.24) is 5.32 Å². The lowest BCUT2D eigenvalue weighted by Crippen LogP contribution is -2.77. The fourth-order valence-corrected chi connectivity index (χ4v) is 3.52. The quantitative estimate of drug-likeness (QED) is 0.703. The second-order valence-electron chi connectivity index (χ2n) is 6.89. The molecule has 0 aromatic carbocycles. The lowest BCUT2D eigenvalue weighted by molar-refractivity contribution is -0.174. The van der Waals surface area contributed by atoms with Crippen LogP contribution >= 0.6 is 0 Å². The minimum absolute atomic E-state index is 0.0670. The van der Waals surface area contributed by atoms with E-state index in [9.17, 15) is 14.7 Å². The molecule has 0 aromatic heterocycles. The fourth-order valence-electron chi connectivity index (χ4n) is 3.52. The van der Waals surface area contributed by atoms with E-state index in [1.165, 1.54) is 0 Å². The Bertz CT molecular complexity index is 443. The molecule has 2 saturated carbocycles. The first-order valence-electron chi connectivity index (χ1n) is 7.66. The van der Waals surface area contributed by atoms with Gasteiger partial charge in [-0.3, -0.25) is 4.79 Å². The Hall–Kier alpha value is -1.14. The monoisotopic (exact) mass is 298 g/mol. The third kappa shape index (κ3) is 2.34. The smallest absolute Gasteiger partial charge is 0.329 e. The molecule has 2 aliphatic rings. The van der Waals surface area contributed by atoms with Gasteiger partial charge in [-0.15, -0.1) is 0 Å². The van der Waals surface area contributed by atoms with Crippen LogP contribution in [0, 0.1) is 5.41 Å². The summed E-state index contributed by atoms with van der Waals surface area (Å²) in [5.41, 5.74) is 3.57. The summed E-state index contributed by atoms with van der Waals surface area (Å²) in [6, 6.07) is 0. The van der Waals surface area contributed by atoms with Gasteiger partial charge in [0, 0.05) is 18.4 Å². The number of aliphatic carboxylic acids is 1. The SMILES string of the molecule is CCOC1CC(N)(C(=O)NC2(C(=O)O)CCCC2)C1(C)C. The van der Waals surface area contributed by atoms with Crippen LogP contribution in [0.1, 0.15) is 52.9 Å². The normalized spacial score (nSPS) is 33.2. The van der Waals surface area contributed by atoms with Crippen LogP contribution in [0.3, 0.4) is 0 Å². The van der Waals surface area contributed by atoms with Crippen molar-refractivity contribution in [3.05, 3.63) is 0 Å². The number of nitrogens with one attached hydrogen (secondary N) is 1. The lowest BCUT2D eigenvalue weighted by Gasteiger charge is -2.58. The van der Waals surface area contributed by atoms with Crippen molar-refractivity contribution in [2.24, 2.45) is 11.1 Å². The first-order valence-corrected chi connectivity index (χ1v) is 7.66. The summed E-state index contributed by atoms with van der Waals surface area (Å²) in [7, 11) is 0. The number of carboxylic acids is 1. The molecule has 2 unspecified atom stereocenters. The van der Waals surface area contributed by atoms with Gasteiger partial charge in [0.2, 0.25) is 5.91 Å². The van der Waals surface area contributed by atoms with Gasteiger partial charge in [0.05, 0.1) is 6.10 Å². The van der Waals surface area contributed by atoms with Crippen molar-refractivity contribution in [2.75, 3.05) is 6.61 Å². The number of carbonyl (C=O) groups is 2. The van der Waals surface area contributed by atoms with E-state index in [1.807, 2.05) is 20.8 Å². The highest BCUT2D eigenvalue weighted by Gasteiger charge is 2.64. The molecule has 0 aliphatic heterocycles. The van der Waals surface area contributed by atoms with Gasteiger partial charge in [-0.25, -0.2) is 4.79 Å². The number of hydrogen-bond acceptors (Lipinski definition) is 4. The van der Waals surface area contributed by atoms with Crippen LogP contribution in [-0.4, -0.2) is 40.8 Å². The fraction of sp³-hybridized carbons (Fsp3) is 0.867. The number of rotatable bonds is 5. The Morgan fingerprint density at radius 3 is 2.33 bits per heavy atom. The molecular weight excluding hydrogens is 272 g/mol. The Labute approximate surface area is 125 Å². The summed E-state index contributed by atoms with van der Waals surface area (Å²) < 4.78 is 5.60. The molecule has 4 N–H and O–H groups in total. The summed E-state index contributed by atoms with van der Waals surface area (Å²) in [6.45, 7) is 6.28. The Morgan fingerprint density at radius 1 is 1.33 bits per heavy atom. The molecule has 120 valence electrons. The molecule has 21 heavy (non-hydrogen) atoms. The number of carbonyl (C=O) groups excluding carboxylic acids is 1. The summed E-state index contributed by atoms with van der Waals surface area (Å²) in [6.07, 6.45) is 2.93. The maximum Gasteiger partial charge on any atom is 0.329 e. The summed E-state index contributed by atoms with van der Waals surface area (Å²) in [4.78, 5) is 24.2. The van der Waals surface area contributed by atoms with E-state index in [-0.39, 0.29) is 12.0 Å². The van der Waals surface area contributed by atoms with Crippen LogP contribution in [0.25, 0.3) is 0 Å². The number of ether oxygens (including phenoxy) is 1. The van der Waals surface area contributed by atoms with E-state index in [2.05, 4.69) is 5.32 Å². The van der Waals surface area contributed by atoms with Crippen LogP contribution in [0.2, 0.25) is 0 Å². The molecule has 2 aliphatic carbocycles. The van der Waals surface area contributed by atoms with Gasteiger partial charge in [0.15, 0.2) is 0 Å². The minimum atomic E-state index is -1.14. The number of carboxylic acid groups (broad SMARTS) is 1. The van der Waals surface area contributed by atoms with Gasteiger partial charge in [-0.2, -0.15) is 0 Å². The van der Waals surface area contributed by atoms with E-state index in [1.54, 1.807) is 0 Å². The van der Waals surface area contributed by atoms with Crippen LogP contribution in [-0.2, 0) is 14.3 Å². The van der Waals surface area contributed by atoms with Gasteiger partial charge in [0.25, 0.3) is 0 Å². The molecule has 0 heterocycles. The maximum absolute atomic E-state index is 12.6. The predicted molar refractivity (Wildman–Crippen MR) is 77.7 cm³/mol. The Morgan fingerprint density at radius 2 is 1.90 bits per heavy atom. The van der Waals surface area contributed by atoms with Crippen LogP contribution in [0.4, 0.5) is 0 Å². The van der Waals surface area contributed by atoms with Crippen molar-refractivity contribution < 1.29 is 19.4 Å². The molecule has 2 atom stereocenters. The van der Waals surface area contributed by atoms with Crippen LogP contribution in [0.15, 0.2) is 0 Å². The molecular formula is C15H26N2O4. The molecule has 2 fully saturated rings. The molecule has 0 bridgehead atoms. The third-order valence-electron chi connectivity index (χ3n) is 5.45. The van der Waals surface area contributed by atoms with Crippen molar-refractivity contribution in [1.29, 1.82) is 0 Å². The zero-order valence-electron chi connectivity index (χ0n) is 13.1. The van der Waals surface area contributed by atoms with Crippen LogP contribution < -0.4 is 11.1 Å². The zero-order valence-corrected chi connectivity index (χ0v) is 13.1. The Kier molecular flexibility index (Phi) is 4.06. The van der Waals surface area contributed by atoms with E-state index in [0.717, 1.165) is 12.8 Å². The second-order valence-corrected chi connectivity index (χ2v) is 6.89. The standard InChI is InChI=1S/C15H26N2O4/c1-4-21-10-9-15(16,13(10,2)3)11(18)17-14(12(19)20)7-5-6-8-14/h10H,4-9,16H2,1-3H3,(H,17,18)(H,19,20). The minimum Gasteiger partial charge on any atom is -0.480 e. The van der Waals surface area contributed by atoms with E-state index >= 15 is 0 Å². The number of amides is 1. The van der Waals surface area contributed by atoms with Gasteiger partial charge in [-0.1, -0.05) is 26.7 Å². The first-order chi connectivity index (χ1) is 9.69. The molecule has 1 amide bonds. The van der Waals surface area contributed by atoms with E-state index in [0.29, 0.717) is 25.9 Å². The van der Waals surface area contributed by atoms with Gasteiger partial charge in [-0.05, 0) is 19.8 Å². The van der Waals surface area contributed by atoms with Gasteiger partial charge < -0.3 is 20.9 Å². The summed E-state index contributed by atoms with van der Waals surface area (Å²) >= 11 is 0. The second kappa shape index (κ2) is 5.25. The summed E-state index contributed by atoms with van der Waals surface area (Å²) in [5.74, 6) is -1.33. The van der Waals surface area contributed by atoms with E-state index < -0.39 is 22.5 Å². The lowest BCUT2D eigenvalue weighted by atomic mass is 9.54. The molecule has 2 rings (SSSR count). The van der Waals surface area contributed by atoms with E-state index in [4.69, 9.17) is 10.5 Å². The topological polar surface area (TPSA) is 102 Å². The highest BCUT2D eigenvalue weighted by molar-refractivity contribution is 5.94. The highest BCUT2D eigenvalue weighted by Crippen LogP contribution is 2.50. The largest absolute Gasteiger partial charge is 0.480 e. The van der Waals surface area contributed by atoms with Crippen LogP contribution in [0.5, 0.6) is 0 Å². The number of hydrogen-bond donors (Lipinski definition) is 3. The van der Waals surface area contributed by atoms with Crippen molar-refractivity contribution >= 4 is 11.9 Å². The molecule has 0 saturated heterocycles. The van der Waals surface area contributed by atoms with Crippen molar-refractivity contribution in [3.63, 3.8) is 0 Å². The number of nitrogens with two attached hydrogens (primary N) is 1. The molecule has 6 nitrogen and oxygen atoms in total. The Balaban J connectivity index is 2.12. The first kappa shape index (κ1) is 16.2. The molecule has 0 spiro atoms. The zero-order chi connectivity index (χ0) is 15.9. The predicted octanol–water partition coefficient (Wildman–Crippen LogP) is 1.03. The highest BCUT2D eigenvalue weighted by atomic mass is 16.5. The van der Waals surface area contributed by atoms with Gasteiger partial charge >= 0.3 is 5.97 Å². The average molecular weight is 298 g/mol. The maximum atomic E-state index is 12.6. The summed E-state index contributed by atoms with van der Waals surface area (Å²) in [5, 5.41) is 12.2. The van der Waals surface area contributed by atoms with Crippen molar-refractivity contribution in [3.8, 4) is 0 Å². The van der Waals surface area contributed by atoms with Crippen molar-refractivity contribution in [2.45, 2.75) is 70.1 Å². The van der Waals surface area contributed by atoms with Gasteiger partial charge in [0.1, 0.15) is 11.1 Å². The molecule has 6 heteroatoms. The average Bonchev–Trinajstić information content (AvgIpc) is 2.88.